The Balaban J connectivity index is 6.79. The molecule has 24 N–H and O–H groups in total. The van der Waals surface area contributed by atoms with Gasteiger partial charge in [-0.1, -0.05) is 67.7 Å². The summed E-state index contributed by atoms with van der Waals surface area (Å²) in [5, 5.41) is 33.2. The van der Waals surface area contributed by atoms with E-state index in [4.69, 9.17) is 40.1 Å². The van der Waals surface area contributed by atoms with Crippen LogP contribution in [-0.2, 0) is 52.7 Å². The van der Waals surface area contributed by atoms with Crippen molar-refractivity contribution in [2.45, 2.75) is 206 Å². The molecule has 0 unspecified atom stereocenters. The summed E-state index contributed by atoms with van der Waals surface area (Å²) in [7, 11) is 1.39. The van der Waals surface area contributed by atoms with E-state index in [1.54, 1.807) is 41.5 Å². The molecule has 30 heteroatoms. The van der Waals surface area contributed by atoms with E-state index in [2.05, 4.69) is 57.8 Å². The molecule has 0 aromatic rings. The largest absolute Gasteiger partial charge is 0.481 e. The van der Waals surface area contributed by atoms with Gasteiger partial charge in [0.1, 0.15) is 48.3 Å². The predicted octanol–water partition coefficient (Wildman–Crippen LogP) is -3.76. The third kappa shape index (κ3) is 31.6. The van der Waals surface area contributed by atoms with Crippen LogP contribution in [0.1, 0.15) is 151 Å². The summed E-state index contributed by atoms with van der Waals surface area (Å²) < 4.78 is 0. The number of aliphatic imine (C=N–C) groups is 2. The molecule has 10 atom stereocenters. The minimum absolute atomic E-state index is 0.0116. The van der Waals surface area contributed by atoms with Crippen LogP contribution in [0.4, 0.5) is 0 Å². The molecule has 0 aromatic carbocycles. The summed E-state index contributed by atoms with van der Waals surface area (Å²) in [6.07, 6.45) is 1.78. The zero-order valence-corrected chi connectivity index (χ0v) is 49.2. The van der Waals surface area contributed by atoms with Crippen molar-refractivity contribution in [2.75, 3.05) is 26.7 Å². The molecule has 468 valence electrons. The highest BCUT2D eigenvalue weighted by Crippen LogP contribution is 2.15. The van der Waals surface area contributed by atoms with Crippen molar-refractivity contribution in [1.29, 1.82) is 0 Å². The summed E-state index contributed by atoms with van der Waals surface area (Å²) in [4.78, 5) is 156. The zero-order chi connectivity index (χ0) is 62.6. The number of amides is 10. The van der Waals surface area contributed by atoms with Crippen molar-refractivity contribution in [1.82, 2.24) is 47.9 Å². The van der Waals surface area contributed by atoms with Crippen molar-refractivity contribution >= 4 is 77.0 Å². The van der Waals surface area contributed by atoms with Crippen molar-refractivity contribution in [2.24, 2.45) is 67.9 Å². The van der Waals surface area contributed by atoms with E-state index < -0.39 is 145 Å². The van der Waals surface area contributed by atoms with E-state index in [0.717, 1.165) is 0 Å². The number of rotatable bonds is 43. The molecule has 0 radical (unpaired) electrons. The molecule has 0 aromatic heterocycles. The highest BCUT2D eigenvalue weighted by molar-refractivity contribution is 5.99. The van der Waals surface area contributed by atoms with Gasteiger partial charge in [-0.25, -0.2) is 0 Å². The second-order valence-corrected chi connectivity index (χ2v) is 21.2. The summed E-state index contributed by atoms with van der Waals surface area (Å²) in [6.45, 7) is 13.0. The fourth-order valence-electron chi connectivity index (χ4n) is 8.24. The van der Waals surface area contributed by atoms with E-state index in [1.807, 2.05) is 6.92 Å². The molecular weight excluding hydrogens is 1070 g/mol. The number of unbranched alkanes of at least 4 members (excludes halogenated alkanes) is 2. The number of carboxylic acids is 1. The quantitative estimate of drug-likeness (QED) is 0.0158. The lowest BCUT2D eigenvalue weighted by Crippen LogP contribution is -2.61. The van der Waals surface area contributed by atoms with Crippen molar-refractivity contribution in [3.05, 3.63) is 0 Å². The number of primary amides is 1. The van der Waals surface area contributed by atoms with E-state index in [9.17, 15) is 57.8 Å². The number of carbonyl (C=O) groups is 11. The van der Waals surface area contributed by atoms with Crippen molar-refractivity contribution < 1.29 is 57.8 Å². The Kier molecular flexibility index (Phi) is 37.1. The lowest BCUT2D eigenvalue weighted by atomic mass is 9.96. The van der Waals surface area contributed by atoms with Gasteiger partial charge in [-0.15, -0.1) is 0 Å². The number of nitrogens with zero attached hydrogens (tertiary/aromatic N) is 2. The molecule has 10 amide bonds. The van der Waals surface area contributed by atoms with Gasteiger partial charge in [0.05, 0.1) is 12.5 Å². The van der Waals surface area contributed by atoms with Gasteiger partial charge in [0, 0.05) is 26.6 Å². The van der Waals surface area contributed by atoms with Gasteiger partial charge in [0.25, 0.3) is 0 Å². The molecule has 0 spiro atoms. The van der Waals surface area contributed by atoms with Crippen molar-refractivity contribution in [3.63, 3.8) is 0 Å². The van der Waals surface area contributed by atoms with Crippen LogP contribution in [0.25, 0.3) is 0 Å². The van der Waals surface area contributed by atoms with E-state index >= 15 is 0 Å². The maximum Gasteiger partial charge on any atom is 0.305 e. The normalized spacial score (nSPS) is 14.7. The smallest absolute Gasteiger partial charge is 0.305 e. The molecule has 0 heterocycles. The monoisotopic (exact) mass is 1170 g/mol. The molecular formula is C52H98N18O12. The number of likely N-dealkylation sites (N-methyl/N-ethyl adjacent to an activating group) is 1. The number of carboxylic acid groups (broad SMARTS) is 1. The number of carbonyl (C=O) groups excluding carboxylic acids is 10. The fraction of sp³-hybridized carbons (Fsp3) is 0.750. The highest BCUT2D eigenvalue weighted by atomic mass is 16.4. The van der Waals surface area contributed by atoms with Crippen LogP contribution < -0.4 is 88.0 Å². The van der Waals surface area contributed by atoms with Gasteiger partial charge < -0.3 is 93.1 Å². The van der Waals surface area contributed by atoms with Gasteiger partial charge in [-0.05, 0) is 94.9 Å². The first-order valence-electron chi connectivity index (χ1n) is 28.2. The van der Waals surface area contributed by atoms with Crippen LogP contribution in [0, 0.1) is 17.8 Å². The average molecular weight is 1170 g/mol. The van der Waals surface area contributed by atoms with E-state index in [-0.39, 0.29) is 75.4 Å². The topological polar surface area (TPSA) is 523 Å². The van der Waals surface area contributed by atoms with Gasteiger partial charge in [-0.3, -0.25) is 62.7 Å². The molecule has 30 nitrogen and oxygen atoms in total. The van der Waals surface area contributed by atoms with Crippen LogP contribution in [-0.4, -0.2) is 163 Å². The summed E-state index contributed by atoms with van der Waals surface area (Å²) in [6, 6.07) is -11.9. The molecule has 0 aliphatic rings. The fourth-order valence-corrected chi connectivity index (χ4v) is 8.24. The summed E-state index contributed by atoms with van der Waals surface area (Å²) in [5.41, 5.74) is 38.8. The van der Waals surface area contributed by atoms with Gasteiger partial charge >= 0.3 is 5.97 Å². The van der Waals surface area contributed by atoms with Gasteiger partial charge in [-0.2, -0.15) is 0 Å². The lowest BCUT2D eigenvalue weighted by molar-refractivity contribution is -0.142. The Morgan fingerprint density at radius 1 is 0.463 bits per heavy atom. The Hall–Kier alpha value is -7.37. The molecule has 0 saturated carbocycles. The Morgan fingerprint density at radius 2 is 0.854 bits per heavy atom. The standard InChI is InChI=1S/C52H98N18O12/c1-9-11-17-33(44(76)64-32(43(75)60-8)19-15-24-62-52(58)59)66-50(82)41(30(7)10-2)70-49(81)38(27-40(72)73)69-46(78)35(20-21-39(55)71)65-47(79)36(25-28(3)4)68-48(80)37(26-29(5)6)67-45(77)34(18-12-13-22-53)63-42(74)31(54)16-14-23-61-51(56)57/h28-38,41H,9-27,53-54H2,1-8H3,(H2,55,71)(H,60,75)(H,63,74)(H,64,76)(H,65,79)(H,66,82)(H,67,77)(H,68,80)(H,69,78)(H,70,81)(H,72,73)(H4,56,57,61)(H4,58,59,62)/t30-,31-,32+,33-,34-,35-,36-,37-,38-,41-/m0/s1. The van der Waals surface area contributed by atoms with E-state index in [1.165, 1.54) is 7.05 Å². The maximum atomic E-state index is 14.2. The first kappa shape index (κ1) is 74.6. The predicted molar refractivity (Wildman–Crippen MR) is 309 cm³/mol. The number of aliphatic carboxylic acids is 1. The second-order valence-electron chi connectivity index (χ2n) is 21.2. The summed E-state index contributed by atoms with van der Waals surface area (Å²) >= 11 is 0. The number of nitrogens with one attached hydrogen (secondary N) is 9. The van der Waals surface area contributed by atoms with Crippen LogP contribution in [0.2, 0.25) is 0 Å². The molecule has 0 bridgehead atoms. The summed E-state index contributed by atoms with van der Waals surface area (Å²) in [5.74, 6) is -11.1. The van der Waals surface area contributed by atoms with Crippen LogP contribution in [0.15, 0.2) is 9.98 Å². The third-order valence-electron chi connectivity index (χ3n) is 13.0. The van der Waals surface area contributed by atoms with Crippen LogP contribution in [0.5, 0.6) is 0 Å². The lowest BCUT2D eigenvalue weighted by Gasteiger charge is -2.29. The molecule has 0 aliphatic heterocycles. The number of hydrogen-bond donors (Lipinski definition) is 17. The molecule has 82 heavy (non-hydrogen) atoms. The second kappa shape index (κ2) is 40.7. The highest BCUT2D eigenvalue weighted by Gasteiger charge is 2.37. The molecule has 0 fully saturated rings. The van der Waals surface area contributed by atoms with Gasteiger partial charge in [0.2, 0.25) is 59.1 Å². The number of guanidine groups is 2. The number of nitrogens with two attached hydrogens (primary N) is 7. The third-order valence-corrected chi connectivity index (χ3v) is 13.0. The van der Waals surface area contributed by atoms with Crippen LogP contribution in [0.3, 0.4) is 0 Å². The number of hydrogen-bond acceptors (Lipinski definition) is 15. The Morgan fingerprint density at radius 3 is 1.28 bits per heavy atom. The molecule has 0 rings (SSSR count). The SMILES string of the molecule is CCCC[C@H](NC(=O)[C@@H](NC(=O)[C@H](CC(=O)O)NC(=O)[C@H](CCC(N)=O)NC(=O)[C@H](CC(C)C)NC(=O)[C@H](CC(C)C)NC(=O)[C@H](CCCCN)NC(=O)[C@@H](N)CCCN=C(N)N)[C@@H](C)CC)C(=O)N[C@H](CCCN=C(N)N)C(=O)NC. The van der Waals surface area contributed by atoms with Crippen molar-refractivity contribution in [3.8, 4) is 0 Å². The Bertz CT molecular complexity index is 2140. The minimum Gasteiger partial charge on any atom is -0.481 e. The average Bonchev–Trinajstić information content (AvgIpc) is 3.39. The van der Waals surface area contributed by atoms with E-state index in [0.29, 0.717) is 51.5 Å². The first-order valence-corrected chi connectivity index (χ1v) is 28.2. The zero-order valence-electron chi connectivity index (χ0n) is 49.2. The van der Waals surface area contributed by atoms with Crippen LogP contribution >= 0.6 is 0 Å². The first-order chi connectivity index (χ1) is 38.5. The minimum atomic E-state index is -1.88. The van der Waals surface area contributed by atoms with Gasteiger partial charge in [0.15, 0.2) is 11.9 Å². The Labute approximate surface area is 481 Å². The molecule has 0 aliphatic carbocycles. The maximum absolute atomic E-state index is 14.2. The molecule has 0 saturated heterocycles.